The van der Waals surface area contributed by atoms with E-state index in [9.17, 15) is 14.7 Å². The lowest BCUT2D eigenvalue weighted by Gasteiger charge is -2.16. The average molecular weight is 773 g/mol. The van der Waals surface area contributed by atoms with E-state index in [1.807, 2.05) is 86.6 Å². The van der Waals surface area contributed by atoms with Crippen LogP contribution in [0.2, 0.25) is 0 Å². The third-order valence-corrected chi connectivity index (χ3v) is 9.52. The van der Waals surface area contributed by atoms with Crippen molar-refractivity contribution in [3.63, 3.8) is 0 Å². The Morgan fingerprint density at radius 3 is 1.60 bits per heavy atom. The number of hydrogen-bond acceptors (Lipinski definition) is 12. The lowest BCUT2D eigenvalue weighted by molar-refractivity contribution is -0.143. The summed E-state index contributed by atoms with van der Waals surface area (Å²) in [5.41, 5.74) is 5.30. The number of cyclic esters (lactones) is 2. The number of carbonyl (C=O) groups is 2. The van der Waals surface area contributed by atoms with Crippen LogP contribution < -0.4 is 23.7 Å². The van der Waals surface area contributed by atoms with Crippen molar-refractivity contribution < 1.29 is 47.9 Å². The van der Waals surface area contributed by atoms with Crippen molar-refractivity contribution in [2.45, 2.75) is 57.8 Å². The molecule has 0 amide bonds. The minimum Gasteiger partial charge on any atom is -0.504 e. The second-order valence-corrected chi connectivity index (χ2v) is 13.9. The molecule has 2 fully saturated rings. The molecular weight excluding hydrogens is 728 g/mol. The first-order valence-corrected chi connectivity index (χ1v) is 18.8. The van der Waals surface area contributed by atoms with Gasteiger partial charge in [-0.3, -0.25) is 19.6 Å². The molecule has 0 aliphatic carbocycles. The summed E-state index contributed by atoms with van der Waals surface area (Å²) < 4.78 is 39.1. The molecule has 0 unspecified atom stereocenters. The Bertz CT molecular complexity index is 2400. The number of carbonyl (C=O) groups excluding carboxylic acids is 2. The van der Waals surface area contributed by atoms with E-state index >= 15 is 0 Å². The van der Waals surface area contributed by atoms with Crippen LogP contribution in [0.15, 0.2) is 97.3 Å². The molecule has 0 spiro atoms. The fourth-order valence-corrected chi connectivity index (χ4v) is 6.69. The molecule has 8 rings (SSSR count). The summed E-state index contributed by atoms with van der Waals surface area (Å²) >= 11 is 0. The molecule has 6 aromatic rings. The van der Waals surface area contributed by atoms with E-state index < -0.39 is 0 Å². The number of aromatic nitrogens is 2. The Balaban J connectivity index is 0.000000175. The molecule has 12 nitrogen and oxygen atoms in total. The van der Waals surface area contributed by atoms with Crippen molar-refractivity contribution in [2.24, 2.45) is 0 Å². The van der Waals surface area contributed by atoms with Crippen molar-refractivity contribution in [1.82, 2.24) is 9.97 Å². The summed E-state index contributed by atoms with van der Waals surface area (Å²) in [5.74, 6) is 2.89. The number of nitrogens with zero attached hydrogens (tertiary/aromatic N) is 2. The number of benzene rings is 4. The van der Waals surface area contributed by atoms with Crippen molar-refractivity contribution in [2.75, 3.05) is 27.4 Å². The van der Waals surface area contributed by atoms with E-state index in [1.165, 1.54) is 7.11 Å². The van der Waals surface area contributed by atoms with Gasteiger partial charge in [-0.2, -0.15) is 0 Å². The fraction of sp³-hybridized carbons (Fsp3) is 0.289. The van der Waals surface area contributed by atoms with Gasteiger partial charge in [-0.25, -0.2) is 0 Å². The van der Waals surface area contributed by atoms with Gasteiger partial charge < -0.3 is 38.3 Å². The Morgan fingerprint density at radius 2 is 1.12 bits per heavy atom. The monoisotopic (exact) mass is 772 g/mol. The molecule has 2 aromatic heterocycles. The summed E-state index contributed by atoms with van der Waals surface area (Å²) in [6.07, 6.45) is 5.35. The quantitative estimate of drug-likeness (QED) is 0.119. The molecule has 0 radical (unpaired) electrons. The molecule has 1 N–H and O–H groups in total. The Morgan fingerprint density at radius 1 is 0.632 bits per heavy atom. The van der Waals surface area contributed by atoms with E-state index in [4.69, 9.17) is 33.2 Å². The van der Waals surface area contributed by atoms with E-state index in [2.05, 4.69) is 9.97 Å². The fourth-order valence-electron chi connectivity index (χ4n) is 6.69. The first-order valence-electron chi connectivity index (χ1n) is 18.8. The van der Waals surface area contributed by atoms with Crippen LogP contribution in [0.3, 0.4) is 0 Å². The molecule has 2 atom stereocenters. The maximum absolute atomic E-state index is 11.4. The van der Waals surface area contributed by atoms with E-state index in [0.29, 0.717) is 67.6 Å². The van der Waals surface area contributed by atoms with E-state index in [-0.39, 0.29) is 36.0 Å². The van der Waals surface area contributed by atoms with Gasteiger partial charge >= 0.3 is 11.9 Å². The minimum absolute atomic E-state index is 0.0549. The van der Waals surface area contributed by atoms with Crippen LogP contribution in [0.25, 0.3) is 44.1 Å². The van der Waals surface area contributed by atoms with Crippen LogP contribution in [0.5, 0.6) is 34.5 Å². The number of phenols is 1. The lowest BCUT2D eigenvalue weighted by Crippen LogP contribution is -2.17. The minimum atomic E-state index is -0.221. The Hall–Kier alpha value is -6.56. The van der Waals surface area contributed by atoms with Crippen LogP contribution in [0, 0.1) is 0 Å². The lowest BCUT2D eigenvalue weighted by atomic mass is 10.0. The molecule has 2 aliphatic rings. The standard InChI is InChI=1S/C24H25NO5.C21H19NO5/c1-15(2)29-21-8-6-16(12-23(21)27-3)17-11-20-19(5-4-10-25-20)22(13-17)28-14-18-7-9-24(26)30-18;1-25-20-10-13(4-6-18(20)23)14-9-17-16(3-2-8-22-17)19(11-14)26-12-15-5-7-21(24)27-15/h4-6,8,10-13,15,18H,7,9,14H2,1-3H3;2-4,6,8-11,15,23H,5,7,12H2,1H3/t18-;15-/m11/s1. The third kappa shape index (κ3) is 9.29. The topological polar surface area (TPSA) is 145 Å². The predicted molar refractivity (Wildman–Crippen MR) is 214 cm³/mol. The number of esters is 2. The maximum atomic E-state index is 11.4. The number of rotatable bonds is 12. The highest BCUT2D eigenvalue weighted by molar-refractivity contribution is 5.91. The first kappa shape index (κ1) is 38.7. The Labute approximate surface area is 330 Å². The number of aromatic hydroxyl groups is 1. The third-order valence-electron chi connectivity index (χ3n) is 9.52. The molecule has 57 heavy (non-hydrogen) atoms. The van der Waals surface area contributed by atoms with Gasteiger partial charge in [0.1, 0.15) is 36.9 Å². The molecule has 294 valence electrons. The first-order chi connectivity index (χ1) is 27.7. The van der Waals surface area contributed by atoms with Gasteiger partial charge in [0.05, 0.1) is 31.4 Å². The second kappa shape index (κ2) is 17.5. The average Bonchev–Trinajstić information content (AvgIpc) is 3.85. The molecule has 4 aromatic carbocycles. The van der Waals surface area contributed by atoms with E-state index in [1.54, 1.807) is 31.6 Å². The van der Waals surface area contributed by atoms with Crippen LogP contribution in [0.4, 0.5) is 0 Å². The zero-order valence-corrected chi connectivity index (χ0v) is 32.2. The number of hydrogen-bond donors (Lipinski definition) is 1. The van der Waals surface area contributed by atoms with Crippen LogP contribution in [-0.4, -0.2) is 72.8 Å². The zero-order chi connectivity index (χ0) is 39.9. The van der Waals surface area contributed by atoms with Gasteiger partial charge in [-0.15, -0.1) is 0 Å². The molecule has 2 saturated heterocycles. The van der Waals surface area contributed by atoms with Gasteiger partial charge in [-0.1, -0.05) is 12.1 Å². The highest BCUT2D eigenvalue weighted by Gasteiger charge is 2.25. The maximum Gasteiger partial charge on any atom is 0.306 e. The number of phenolic OH excluding ortho intramolecular Hbond substituents is 1. The van der Waals surface area contributed by atoms with Gasteiger partial charge in [0, 0.05) is 36.0 Å². The molecule has 0 saturated carbocycles. The van der Waals surface area contributed by atoms with Crippen molar-refractivity contribution in [3.05, 3.63) is 97.3 Å². The molecule has 4 heterocycles. The predicted octanol–water partition coefficient (Wildman–Crippen LogP) is 8.48. The number of fused-ring (bicyclic) bond motifs is 2. The van der Waals surface area contributed by atoms with Gasteiger partial charge in [-0.05, 0) is 122 Å². The van der Waals surface area contributed by atoms with E-state index in [0.717, 1.165) is 44.1 Å². The van der Waals surface area contributed by atoms with Gasteiger partial charge in [0.25, 0.3) is 0 Å². The number of ether oxygens (including phenoxy) is 7. The number of methoxy groups -OCH3 is 2. The summed E-state index contributed by atoms with van der Waals surface area (Å²) in [4.78, 5) is 31.6. The van der Waals surface area contributed by atoms with Gasteiger partial charge in [0.2, 0.25) is 0 Å². The van der Waals surface area contributed by atoms with Crippen LogP contribution in [0.1, 0.15) is 39.5 Å². The molecule has 12 heteroatoms. The number of pyridine rings is 2. The highest BCUT2D eigenvalue weighted by Crippen LogP contribution is 2.38. The molecule has 0 bridgehead atoms. The summed E-state index contributed by atoms with van der Waals surface area (Å²) in [6.45, 7) is 4.59. The molecular formula is C45H44N2O10. The molecule has 2 aliphatic heterocycles. The summed E-state index contributed by atoms with van der Waals surface area (Å²) in [7, 11) is 3.14. The normalized spacial score (nSPS) is 16.2. The Kier molecular flexibility index (Phi) is 11.9. The summed E-state index contributed by atoms with van der Waals surface area (Å²) in [6, 6.07) is 26.6. The van der Waals surface area contributed by atoms with Crippen molar-refractivity contribution in [1.29, 1.82) is 0 Å². The van der Waals surface area contributed by atoms with Gasteiger partial charge in [0.15, 0.2) is 23.0 Å². The largest absolute Gasteiger partial charge is 0.504 e. The SMILES string of the molecule is COc1cc(-c2cc(OC[C@H]3CCC(=O)O3)c3cccnc3c2)ccc1O.COc1cc(-c2cc(OC[C@H]3CCC(=O)O3)c3cccnc3c2)ccc1OC(C)C. The zero-order valence-electron chi connectivity index (χ0n) is 32.2. The van der Waals surface area contributed by atoms with Crippen LogP contribution >= 0.6 is 0 Å². The smallest absolute Gasteiger partial charge is 0.306 e. The van der Waals surface area contributed by atoms with Crippen molar-refractivity contribution in [3.8, 4) is 56.8 Å². The van der Waals surface area contributed by atoms with Crippen molar-refractivity contribution >= 4 is 33.7 Å². The van der Waals surface area contributed by atoms with Crippen LogP contribution in [-0.2, 0) is 19.1 Å². The second-order valence-electron chi connectivity index (χ2n) is 13.9. The summed E-state index contributed by atoms with van der Waals surface area (Å²) in [5, 5.41) is 11.6. The highest BCUT2D eigenvalue weighted by atomic mass is 16.6.